The molecule has 0 fully saturated rings. The van der Waals surface area contributed by atoms with Crippen LogP contribution < -0.4 is 0 Å². The molecule has 0 bridgehead atoms. The molecule has 0 saturated heterocycles. The number of aromatic nitrogens is 6. The molecule has 0 amide bonds. The van der Waals surface area contributed by atoms with Gasteiger partial charge in [-0.25, -0.2) is 4.68 Å². The fourth-order valence-corrected chi connectivity index (χ4v) is 2.67. The van der Waals surface area contributed by atoms with Crippen molar-refractivity contribution >= 4 is 0 Å². The summed E-state index contributed by atoms with van der Waals surface area (Å²) < 4.78 is 3.63. The largest absolute Gasteiger partial charge is 0.237 e. The lowest BCUT2D eigenvalue weighted by Crippen LogP contribution is -2.02. The third kappa shape index (κ3) is 2.38. The number of hydrogen-bond donors (Lipinski definition) is 0. The van der Waals surface area contributed by atoms with Crippen LogP contribution in [0.25, 0.3) is 22.8 Å². The minimum absolute atomic E-state index is 0.679. The highest BCUT2D eigenvalue weighted by atomic mass is 15.5. The number of nitrogens with zero attached hydrogens (tertiary/aromatic N) is 6. The van der Waals surface area contributed by atoms with Gasteiger partial charge in [-0.1, -0.05) is 35.9 Å². The van der Waals surface area contributed by atoms with Gasteiger partial charge < -0.3 is 0 Å². The Morgan fingerprint density at radius 3 is 2.25 bits per heavy atom. The molecule has 0 spiro atoms. The van der Waals surface area contributed by atoms with Crippen molar-refractivity contribution in [2.45, 2.75) is 13.8 Å². The third-order valence-electron chi connectivity index (χ3n) is 4.00. The van der Waals surface area contributed by atoms with Gasteiger partial charge in [0.05, 0.1) is 28.8 Å². The highest BCUT2D eigenvalue weighted by Crippen LogP contribution is 2.24. The molecule has 2 aromatic carbocycles. The topological polar surface area (TPSA) is 61.4 Å². The van der Waals surface area contributed by atoms with Crippen LogP contribution in [-0.4, -0.2) is 30.0 Å². The van der Waals surface area contributed by atoms with Crippen molar-refractivity contribution in [1.82, 2.24) is 30.0 Å². The molecular weight excluding hydrogens is 300 g/mol. The fourth-order valence-electron chi connectivity index (χ4n) is 2.67. The van der Waals surface area contributed by atoms with Crippen molar-refractivity contribution in [2.75, 3.05) is 0 Å². The number of rotatable bonds is 3. The van der Waals surface area contributed by atoms with Crippen LogP contribution in [-0.2, 0) is 0 Å². The lowest BCUT2D eigenvalue weighted by molar-refractivity contribution is 0.790. The average Bonchev–Trinajstić information content (AvgIpc) is 3.23. The Bertz CT molecular complexity index is 966. The van der Waals surface area contributed by atoms with E-state index >= 15 is 0 Å². The zero-order chi connectivity index (χ0) is 16.5. The first-order chi connectivity index (χ1) is 11.7. The summed E-state index contributed by atoms with van der Waals surface area (Å²) in [5.74, 6) is 0.679. The van der Waals surface area contributed by atoms with Crippen LogP contribution in [0.1, 0.15) is 11.3 Å². The van der Waals surface area contributed by atoms with Gasteiger partial charge in [0, 0.05) is 0 Å². The summed E-state index contributed by atoms with van der Waals surface area (Å²) in [7, 11) is 0. The Morgan fingerprint density at radius 2 is 1.50 bits per heavy atom. The van der Waals surface area contributed by atoms with Gasteiger partial charge in [-0.15, -0.1) is 5.10 Å². The quantitative estimate of drug-likeness (QED) is 0.582. The predicted molar refractivity (Wildman–Crippen MR) is 91.2 cm³/mol. The van der Waals surface area contributed by atoms with Crippen LogP contribution in [0, 0.1) is 13.8 Å². The van der Waals surface area contributed by atoms with E-state index in [0.717, 1.165) is 22.6 Å². The number of aryl methyl sites for hydroxylation is 1. The highest BCUT2D eigenvalue weighted by molar-refractivity contribution is 5.60. The maximum atomic E-state index is 4.50. The second-order valence-electron chi connectivity index (χ2n) is 5.64. The number of hydrogen-bond acceptors (Lipinski definition) is 4. The third-order valence-corrected chi connectivity index (χ3v) is 4.00. The van der Waals surface area contributed by atoms with Crippen LogP contribution >= 0.6 is 0 Å². The molecule has 0 atom stereocenters. The van der Waals surface area contributed by atoms with Gasteiger partial charge >= 0.3 is 0 Å². The molecule has 0 radical (unpaired) electrons. The molecule has 0 aliphatic heterocycles. The average molecular weight is 316 g/mol. The van der Waals surface area contributed by atoms with E-state index in [0.29, 0.717) is 5.82 Å². The van der Waals surface area contributed by atoms with Gasteiger partial charge in [-0.3, -0.25) is 0 Å². The standard InChI is InChI=1S/C18H16N6/c1-13-8-10-16(11-9-13)24-18(20-21-22-24)17-12-19-23(14(17)2)15-6-4-3-5-7-15/h3-12H,1-2H3. The molecule has 118 valence electrons. The molecule has 6 heteroatoms. The Labute approximate surface area is 139 Å². The molecule has 0 aliphatic rings. The highest BCUT2D eigenvalue weighted by Gasteiger charge is 2.17. The molecule has 6 nitrogen and oxygen atoms in total. The van der Waals surface area contributed by atoms with Crippen molar-refractivity contribution in [3.05, 3.63) is 72.1 Å². The molecule has 0 unspecified atom stereocenters. The lowest BCUT2D eigenvalue weighted by Gasteiger charge is -2.06. The zero-order valence-corrected chi connectivity index (χ0v) is 13.5. The molecule has 24 heavy (non-hydrogen) atoms. The molecule has 0 N–H and O–H groups in total. The minimum Gasteiger partial charge on any atom is -0.237 e. The Balaban J connectivity index is 1.80. The van der Waals surface area contributed by atoms with Crippen molar-refractivity contribution in [3.8, 4) is 22.8 Å². The summed E-state index contributed by atoms with van der Waals surface area (Å²) in [6.45, 7) is 4.07. The van der Waals surface area contributed by atoms with E-state index in [9.17, 15) is 0 Å². The van der Waals surface area contributed by atoms with Crippen LogP contribution in [0.15, 0.2) is 60.8 Å². The van der Waals surface area contributed by atoms with Gasteiger partial charge in [0.25, 0.3) is 0 Å². The summed E-state index contributed by atoms with van der Waals surface area (Å²) >= 11 is 0. The van der Waals surface area contributed by atoms with Gasteiger partial charge in [0.15, 0.2) is 5.82 Å². The second-order valence-corrected chi connectivity index (χ2v) is 5.64. The maximum Gasteiger partial charge on any atom is 0.190 e. The SMILES string of the molecule is Cc1ccc(-n2nnnc2-c2cnn(-c3ccccc3)c2C)cc1. The normalized spacial score (nSPS) is 10.9. The predicted octanol–water partition coefficient (Wildman–Crippen LogP) is 3.13. The van der Waals surface area contributed by atoms with E-state index in [2.05, 4.69) is 27.5 Å². The summed E-state index contributed by atoms with van der Waals surface area (Å²) in [4.78, 5) is 0. The van der Waals surface area contributed by atoms with E-state index in [1.807, 2.05) is 66.2 Å². The molecule has 4 rings (SSSR count). The van der Waals surface area contributed by atoms with Gasteiger partial charge in [0.2, 0.25) is 0 Å². The lowest BCUT2D eigenvalue weighted by atomic mass is 10.2. The Morgan fingerprint density at radius 1 is 0.792 bits per heavy atom. The first kappa shape index (κ1) is 14.3. The Hall–Kier alpha value is -3.28. The van der Waals surface area contributed by atoms with Crippen molar-refractivity contribution < 1.29 is 0 Å². The van der Waals surface area contributed by atoms with Gasteiger partial charge in [-0.05, 0) is 48.5 Å². The number of para-hydroxylation sites is 1. The van der Waals surface area contributed by atoms with Crippen molar-refractivity contribution in [1.29, 1.82) is 0 Å². The van der Waals surface area contributed by atoms with E-state index in [1.165, 1.54) is 5.56 Å². The molecule has 4 aromatic rings. The molecule has 2 heterocycles. The van der Waals surface area contributed by atoms with E-state index in [4.69, 9.17) is 0 Å². The van der Waals surface area contributed by atoms with Gasteiger partial charge in [-0.2, -0.15) is 9.78 Å². The van der Waals surface area contributed by atoms with Crippen molar-refractivity contribution in [2.24, 2.45) is 0 Å². The number of tetrazole rings is 1. The summed E-state index contributed by atoms with van der Waals surface area (Å²) in [5.41, 5.74) is 5.03. The van der Waals surface area contributed by atoms with E-state index in [-0.39, 0.29) is 0 Å². The minimum atomic E-state index is 0.679. The summed E-state index contributed by atoms with van der Waals surface area (Å²) in [6.07, 6.45) is 1.80. The summed E-state index contributed by atoms with van der Waals surface area (Å²) in [5, 5.41) is 16.7. The van der Waals surface area contributed by atoms with Crippen LogP contribution in [0.2, 0.25) is 0 Å². The smallest absolute Gasteiger partial charge is 0.190 e. The second kappa shape index (κ2) is 5.73. The molecule has 0 saturated carbocycles. The molecule has 0 aliphatic carbocycles. The van der Waals surface area contributed by atoms with Crippen LogP contribution in [0.5, 0.6) is 0 Å². The van der Waals surface area contributed by atoms with Crippen LogP contribution in [0.4, 0.5) is 0 Å². The van der Waals surface area contributed by atoms with E-state index in [1.54, 1.807) is 10.9 Å². The maximum absolute atomic E-state index is 4.50. The first-order valence-electron chi connectivity index (χ1n) is 7.70. The zero-order valence-electron chi connectivity index (χ0n) is 13.5. The molecular formula is C18H16N6. The first-order valence-corrected chi connectivity index (χ1v) is 7.70. The van der Waals surface area contributed by atoms with Gasteiger partial charge in [0.1, 0.15) is 0 Å². The molecule has 2 aromatic heterocycles. The Kier molecular flexibility index (Phi) is 3.42. The fraction of sp³-hybridized carbons (Fsp3) is 0.111. The number of benzene rings is 2. The summed E-state index contributed by atoms with van der Waals surface area (Å²) in [6, 6.07) is 18.1. The van der Waals surface area contributed by atoms with Crippen molar-refractivity contribution in [3.63, 3.8) is 0 Å². The van der Waals surface area contributed by atoms with Crippen LogP contribution in [0.3, 0.4) is 0 Å². The monoisotopic (exact) mass is 316 g/mol. The van der Waals surface area contributed by atoms with E-state index < -0.39 is 0 Å².